The highest BCUT2D eigenvalue weighted by Crippen LogP contribution is 2.41. The number of carboxylic acid groups (broad SMARTS) is 1. The van der Waals surface area contributed by atoms with Crippen molar-refractivity contribution < 1.29 is 48.5 Å². The smallest absolute Gasteiger partial charge is 0.307 e. The van der Waals surface area contributed by atoms with Crippen LogP contribution in [0.15, 0.2) is 130 Å². The van der Waals surface area contributed by atoms with Crippen LogP contribution in [0.2, 0.25) is 0 Å². The van der Waals surface area contributed by atoms with Gasteiger partial charge >= 0.3 is 17.9 Å². The van der Waals surface area contributed by atoms with Gasteiger partial charge in [-0.2, -0.15) is 0 Å². The molecular formula is C50H68O10. The summed E-state index contributed by atoms with van der Waals surface area (Å²) < 4.78 is 10.7. The predicted molar refractivity (Wildman–Crippen MR) is 240 cm³/mol. The van der Waals surface area contributed by atoms with Gasteiger partial charge in [0, 0.05) is 20.0 Å². The van der Waals surface area contributed by atoms with E-state index in [1.165, 1.54) is 0 Å². The van der Waals surface area contributed by atoms with E-state index < -0.39 is 35.5 Å². The van der Waals surface area contributed by atoms with Gasteiger partial charge in [0.25, 0.3) is 0 Å². The number of aliphatic hydroxyl groups excluding tert-OH is 1. The zero-order valence-electron chi connectivity index (χ0n) is 37.8. The molecule has 0 aliphatic heterocycles. The standard InChI is InChI=1S/C47H58O9.C2H6.CH4O/c1-31(17-12-19-33(3)22-24-38-35(5)29-40(45(53)36(38)6)55-43(51)21-14-28-48)15-10-11-16-32(2)18-13-20-34(4)23-25-39-37(7)46(54)41(30-47(39,8)9)56-44(52)27-26-42(49)50;2*1-2/h10-13,15-20,22-25,28,35,40-41H,14,21,26-27,29-30H2,1-9H3,(H,49,50);1-2H3;2H,1H3/b11-10+,17-12+,18-13+,24-22+,25-23+,31-15+,32-16+,33-19+,34-20+;;. The zero-order valence-corrected chi connectivity index (χ0v) is 37.8. The summed E-state index contributed by atoms with van der Waals surface area (Å²) in [6.45, 7) is 21.5. The van der Waals surface area contributed by atoms with Crippen LogP contribution in [0, 0.1) is 11.3 Å². The number of ether oxygens (including phenoxy) is 2. The molecular weight excluding hydrogens is 761 g/mol. The number of ketones is 2. The van der Waals surface area contributed by atoms with Gasteiger partial charge in [-0.25, -0.2) is 0 Å². The number of allylic oxidation sites excluding steroid dienone is 20. The summed E-state index contributed by atoms with van der Waals surface area (Å²) in [4.78, 5) is 71.1. The average molecular weight is 829 g/mol. The van der Waals surface area contributed by atoms with Crippen LogP contribution in [0.3, 0.4) is 0 Å². The number of Topliss-reactive ketones (excluding diaryl/α,β-unsaturated/α-hetero) is 2. The van der Waals surface area contributed by atoms with Crippen LogP contribution in [0.25, 0.3) is 0 Å². The van der Waals surface area contributed by atoms with Crippen molar-refractivity contribution in [2.45, 2.75) is 127 Å². The molecule has 2 aliphatic carbocycles. The molecule has 2 rings (SSSR count). The molecule has 0 aromatic rings. The Balaban J connectivity index is 0.00000843. The van der Waals surface area contributed by atoms with Crippen molar-refractivity contribution in [3.05, 3.63) is 130 Å². The summed E-state index contributed by atoms with van der Waals surface area (Å²) in [6, 6.07) is 0. The number of hydrogen-bond acceptors (Lipinski definition) is 9. The van der Waals surface area contributed by atoms with Crippen LogP contribution < -0.4 is 0 Å². The van der Waals surface area contributed by atoms with Crippen molar-refractivity contribution in [2.75, 3.05) is 7.11 Å². The number of carboxylic acids is 1. The molecule has 0 amide bonds. The summed E-state index contributed by atoms with van der Waals surface area (Å²) >= 11 is 0. The van der Waals surface area contributed by atoms with Gasteiger partial charge in [0.2, 0.25) is 0 Å². The Morgan fingerprint density at radius 1 is 0.683 bits per heavy atom. The number of rotatable bonds is 18. The van der Waals surface area contributed by atoms with Gasteiger partial charge in [-0.1, -0.05) is 142 Å². The highest BCUT2D eigenvalue weighted by Gasteiger charge is 2.40. The highest BCUT2D eigenvalue weighted by atomic mass is 16.6. The number of aliphatic hydroxyl groups is 1. The molecule has 0 saturated heterocycles. The molecule has 0 spiro atoms. The van der Waals surface area contributed by atoms with Crippen LogP contribution in [0.4, 0.5) is 0 Å². The van der Waals surface area contributed by atoms with Gasteiger partial charge < -0.3 is 24.5 Å². The molecule has 10 heteroatoms. The first-order chi connectivity index (χ1) is 28.4. The summed E-state index contributed by atoms with van der Waals surface area (Å²) in [5, 5.41) is 15.8. The molecule has 3 atom stereocenters. The maximum Gasteiger partial charge on any atom is 0.307 e. The van der Waals surface area contributed by atoms with Gasteiger partial charge in [0.1, 0.15) is 6.29 Å². The molecule has 0 heterocycles. The number of aldehydes is 1. The van der Waals surface area contributed by atoms with E-state index in [2.05, 4.69) is 0 Å². The molecule has 10 nitrogen and oxygen atoms in total. The quantitative estimate of drug-likeness (QED) is 0.0773. The molecule has 3 unspecified atom stereocenters. The van der Waals surface area contributed by atoms with Crippen molar-refractivity contribution >= 4 is 35.8 Å². The fraction of sp³-hybridized carbons (Fsp3) is 0.440. The van der Waals surface area contributed by atoms with Crippen LogP contribution in [0.5, 0.6) is 0 Å². The van der Waals surface area contributed by atoms with Crippen LogP contribution in [0.1, 0.15) is 115 Å². The van der Waals surface area contributed by atoms with Gasteiger partial charge in [-0.3, -0.25) is 24.0 Å². The molecule has 2 N–H and O–H groups in total. The molecule has 2 aliphatic rings. The average Bonchev–Trinajstić information content (AvgIpc) is 3.20. The molecule has 328 valence electrons. The number of esters is 2. The molecule has 0 radical (unpaired) electrons. The van der Waals surface area contributed by atoms with E-state index in [-0.39, 0.29) is 43.2 Å². The fourth-order valence-corrected chi connectivity index (χ4v) is 6.29. The minimum atomic E-state index is -1.09. The molecule has 0 saturated carbocycles. The van der Waals surface area contributed by atoms with E-state index in [0.717, 1.165) is 40.5 Å². The minimum Gasteiger partial charge on any atom is -0.481 e. The van der Waals surface area contributed by atoms with Crippen molar-refractivity contribution in [2.24, 2.45) is 11.3 Å². The molecule has 0 fully saturated rings. The second kappa shape index (κ2) is 28.9. The maximum absolute atomic E-state index is 13.0. The van der Waals surface area contributed by atoms with E-state index in [0.29, 0.717) is 30.3 Å². The van der Waals surface area contributed by atoms with Crippen molar-refractivity contribution in [3.8, 4) is 0 Å². The van der Waals surface area contributed by atoms with E-state index in [4.69, 9.17) is 19.7 Å². The lowest BCUT2D eigenvalue weighted by molar-refractivity contribution is -0.157. The number of carbonyl (C=O) groups is 6. The Bertz CT molecular complexity index is 1860. The molecule has 60 heavy (non-hydrogen) atoms. The highest BCUT2D eigenvalue weighted by molar-refractivity contribution is 6.02. The van der Waals surface area contributed by atoms with Crippen LogP contribution in [-0.2, 0) is 38.2 Å². The summed E-state index contributed by atoms with van der Waals surface area (Å²) in [6.07, 6.45) is 26.9. The summed E-state index contributed by atoms with van der Waals surface area (Å²) in [5.74, 6) is -2.72. The van der Waals surface area contributed by atoms with Crippen LogP contribution >= 0.6 is 0 Å². The van der Waals surface area contributed by atoms with Gasteiger partial charge in [-0.05, 0) is 81.6 Å². The van der Waals surface area contributed by atoms with Crippen molar-refractivity contribution in [1.29, 1.82) is 0 Å². The van der Waals surface area contributed by atoms with Gasteiger partial charge in [-0.15, -0.1) is 0 Å². The lowest BCUT2D eigenvalue weighted by Crippen LogP contribution is -2.39. The normalized spacial score (nSPS) is 20.5. The van der Waals surface area contributed by atoms with E-state index >= 15 is 0 Å². The van der Waals surface area contributed by atoms with Crippen molar-refractivity contribution in [3.63, 3.8) is 0 Å². The Morgan fingerprint density at radius 2 is 1.13 bits per heavy atom. The minimum absolute atomic E-state index is 0.0207. The second-order valence-corrected chi connectivity index (χ2v) is 15.0. The van der Waals surface area contributed by atoms with Gasteiger partial charge in [0.05, 0.1) is 19.3 Å². The van der Waals surface area contributed by atoms with Crippen molar-refractivity contribution in [1.82, 2.24) is 0 Å². The molecule has 0 aromatic carbocycles. The lowest BCUT2D eigenvalue weighted by atomic mass is 9.71. The third kappa shape index (κ3) is 20.0. The van der Waals surface area contributed by atoms with Gasteiger partial charge in [0.15, 0.2) is 23.8 Å². The molecule has 0 bridgehead atoms. The van der Waals surface area contributed by atoms with Crippen LogP contribution in [-0.4, -0.2) is 65.3 Å². The Labute approximate surface area is 358 Å². The van der Waals surface area contributed by atoms with E-state index in [1.807, 2.05) is 147 Å². The molecule has 0 aromatic heterocycles. The number of carbonyl (C=O) groups excluding carboxylic acids is 5. The first-order valence-corrected chi connectivity index (χ1v) is 20.4. The third-order valence-corrected chi connectivity index (χ3v) is 9.55. The third-order valence-electron chi connectivity index (χ3n) is 9.55. The number of hydrogen-bond donors (Lipinski definition) is 2. The SMILES string of the molecule is CC.CC1=C(/C=C/C(C)=C/C=C/C(C)=C/C=C/C=C(C)/C=C/C=C(C)/C=C/C2=C(C)C(=O)C(OC(=O)CCC(=O)O)CC2(C)C)C(C)CC(OC(=O)CCC=O)C1=O.CO. The Kier molecular flexibility index (Phi) is 26.2. The van der Waals surface area contributed by atoms with E-state index in [1.54, 1.807) is 13.8 Å². The number of aliphatic carboxylic acids is 1. The summed E-state index contributed by atoms with van der Waals surface area (Å²) in [7, 11) is 1.00. The first kappa shape index (κ1) is 54.5. The fourth-order valence-electron chi connectivity index (χ4n) is 6.29. The second-order valence-electron chi connectivity index (χ2n) is 15.0. The largest absolute Gasteiger partial charge is 0.481 e. The Hall–Kier alpha value is -5.48. The predicted octanol–water partition coefficient (Wildman–Crippen LogP) is 10.1. The lowest BCUT2D eigenvalue weighted by Gasteiger charge is -2.36. The zero-order chi connectivity index (χ0) is 46.0. The Morgan fingerprint density at radius 3 is 1.65 bits per heavy atom. The first-order valence-electron chi connectivity index (χ1n) is 20.4. The maximum atomic E-state index is 13.0. The van der Waals surface area contributed by atoms with E-state index in [9.17, 15) is 28.8 Å². The topological polar surface area (TPSA) is 161 Å². The summed E-state index contributed by atoms with van der Waals surface area (Å²) in [5.41, 5.74) is 6.64. The monoisotopic (exact) mass is 828 g/mol.